The second-order valence-electron chi connectivity index (χ2n) is 0.776. The zero-order valence-electron chi connectivity index (χ0n) is 4.10. The Morgan fingerprint density at radius 1 is 1.86 bits per heavy atom. The van der Waals surface area contributed by atoms with Gasteiger partial charge < -0.3 is 4.74 Å². The fourth-order valence-electron chi connectivity index (χ4n) is 0.117. The minimum atomic E-state index is -0.329. The molecule has 0 aliphatic rings. The molecular weight excluding hydrogens is 259 g/mol. The third-order valence-electron chi connectivity index (χ3n) is 0.249. The van der Waals surface area contributed by atoms with Crippen LogP contribution in [0.1, 0.15) is 6.92 Å². The maximum atomic E-state index is 9.75. The normalized spacial score (nSPS) is 5.86. The Balaban J connectivity index is 0. The molecular formula is C4H6HfO2. The molecule has 0 aliphatic heterocycles. The predicted molar refractivity (Wildman–Crippen MR) is 22.0 cm³/mol. The van der Waals surface area contributed by atoms with Crippen molar-refractivity contribution in [2.75, 3.05) is 0 Å². The van der Waals surface area contributed by atoms with Crippen molar-refractivity contribution in [1.82, 2.24) is 0 Å². The molecule has 0 aliphatic carbocycles. The zero-order valence-corrected chi connectivity index (χ0v) is 7.69. The van der Waals surface area contributed by atoms with Crippen molar-refractivity contribution in [2.24, 2.45) is 0 Å². The molecule has 0 spiro atoms. The Labute approximate surface area is 61.3 Å². The largest absolute Gasteiger partial charge is 0.435 e. The van der Waals surface area contributed by atoms with Crippen molar-refractivity contribution >= 4 is 5.97 Å². The van der Waals surface area contributed by atoms with Gasteiger partial charge in [0.15, 0.2) is 0 Å². The van der Waals surface area contributed by atoms with Crippen LogP contribution in [-0.4, -0.2) is 5.97 Å². The van der Waals surface area contributed by atoms with E-state index in [1.807, 2.05) is 0 Å². The van der Waals surface area contributed by atoms with Gasteiger partial charge in [0.1, 0.15) is 0 Å². The van der Waals surface area contributed by atoms with Crippen LogP contribution in [0, 0.1) is 0 Å². The Hall–Kier alpha value is 0.0801. The molecule has 0 saturated carbocycles. The van der Waals surface area contributed by atoms with Crippen molar-refractivity contribution in [1.29, 1.82) is 0 Å². The van der Waals surface area contributed by atoms with Crippen molar-refractivity contribution in [3.63, 3.8) is 0 Å². The Kier molecular flexibility index (Phi) is 8.81. The average Bonchev–Trinajstić information content (AvgIpc) is 1.35. The van der Waals surface area contributed by atoms with Gasteiger partial charge in [-0.3, -0.25) is 4.79 Å². The average molecular weight is 265 g/mol. The Morgan fingerprint density at radius 3 is 2.29 bits per heavy atom. The first kappa shape index (κ1) is 10.1. The molecule has 0 bridgehead atoms. The number of carbonyl (C=O) groups is 1. The van der Waals surface area contributed by atoms with Crippen LogP contribution in [0.5, 0.6) is 0 Å². The predicted octanol–water partition coefficient (Wildman–Crippen LogP) is 0.690. The van der Waals surface area contributed by atoms with E-state index in [0.717, 1.165) is 6.26 Å². The van der Waals surface area contributed by atoms with Crippen molar-refractivity contribution in [2.45, 2.75) is 6.92 Å². The summed E-state index contributed by atoms with van der Waals surface area (Å²) in [4.78, 5) is 9.75. The number of ether oxygens (including phenoxy) is 1. The van der Waals surface area contributed by atoms with Gasteiger partial charge in [-0.15, -0.1) is 0 Å². The van der Waals surface area contributed by atoms with Crippen molar-refractivity contribution in [3.05, 3.63) is 12.8 Å². The van der Waals surface area contributed by atoms with Crippen molar-refractivity contribution in [3.8, 4) is 0 Å². The van der Waals surface area contributed by atoms with Gasteiger partial charge in [0.25, 0.3) is 0 Å². The minimum Gasteiger partial charge on any atom is -0.435 e. The van der Waals surface area contributed by atoms with Gasteiger partial charge in [0.2, 0.25) is 0 Å². The standard InChI is InChI=1S/C4H6O2.Hf/c1-3-6-4(2)5;/h3H,1H2,2H3;. The van der Waals surface area contributed by atoms with Crippen LogP contribution in [0.25, 0.3) is 0 Å². The summed E-state index contributed by atoms with van der Waals surface area (Å²) in [7, 11) is 0. The Bertz CT molecular complexity index is 70.1. The first-order valence-electron chi connectivity index (χ1n) is 1.55. The monoisotopic (exact) mass is 266 g/mol. The molecule has 0 rings (SSSR count). The van der Waals surface area contributed by atoms with Gasteiger partial charge in [0.05, 0.1) is 6.26 Å². The van der Waals surface area contributed by atoms with Crippen LogP contribution in [0.4, 0.5) is 0 Å². The molecule has 3 heteroatoms. The molecule has 38 valence electrons. The topological polar surface area (TPSA) is 26.3 Å². The summed E-state index contributed by atoms with van der Waals surface area (Å²) in [6.07, 6.45) is 1.10. The summed E-state index contributed by atoms with van der Waals surface area (Å²) in [6, 6.07) is 0. The van der Waals surface area contributed by atoms with Gasteiger partial charge in [-0.2, -0.15) is 0 Å². The van der Waals surface area contributed by atoms with Gasteiger partial charge in [-0.05, 0) is 0 Å². The van der Waals surface area contributed by atoms with Crippen LogP contribution in [-0.2, 0) is 35.4 Å². The molecule has 0 radical (unpaired) electrons. The van der Waals surface area contributed by atoms with E-state index in [-0.39, 0.29) is 31.8 Å². The van der Waals surface area contributed by atoms with E-state index in [2.05, 4.69) is 11.3 Å². The summed E-state index contributed by atoms with van der Waals surface area (Å²) in [5, 5.41) is 0. The smallest absolute Gasteiger partial charge is 0.307 e. The molecule has 0 amide bonds. The minimum absolute atomic E-state index is 0. The molecule has 7 heavy (non-hydrogen) atoms. The maximum Gasteiger partial charge on any atom is 0.307 e. The molecule has 0 aromatic rings. The van der Waals surface area contributed by atoms with Gasteiger partial charge in [-0.25, -0.2) is 0 Å². The summed E-state index contributed by atoms with van der Waals surface area (Å²) in [6.45, 7) is 4.48. The second kappa shape index (κ2) is 6.08. The molecule has 2 nitrogen and oxygen atoms in total. The molecule has 0 saturated heterocycles. The third-order valence-corrected chi connectivity index (χ3v) is 0.249. The van der Waals surface area contributed by atoms with Gasteiger partial charge in [-0.1, -0.05) is 6.58 Å². The number of hydrogen-bond donors (Lipinski definition) is 0. The third kappa shape index (κ3) is 10.7. The molecule has 0 atom stereocenters. The van der Waals surface area contributed by atoms with E-state index in [9.17, 15) is 4.79 Å². The van der Waals surface area contributed by atoms with E-state index >= 15 is 0 Å². The first-order valence-corrected chi connectivity index (χ1v) is 1.55. The van der Waals surface area contributed by atoms with Gasteiger partial charge >= 0.3 is 5.97 Å². The van der Waals surface area contributed by atoms with Crippen LogP contribution >= 0.6 is 0 Å². The summed E-state index contributed by atoms with van der Waals surface area (Å²) < 4.78 is 4.17. The SMILES string of the molecule is C=COC(C)=O.[Hf]. The zero-order chi connectivity index (χ0) is 4.99. The fourth-order valence-corrected chi connectivity index (χ4v) is 0.117. The Morgan fingerprint density at radius 2 is 2.29 bits per heavy atom. The summed E-state index contributed by atoms with van der Waals surface area (Å²) in [5.41, 5.74) is 0. The first-order chi connectivity index (χ1) is 2.77. The van der Waals surface area contributed by atoms with E-state index in [4.69, 9.17) is 0 Å². The second-order valence-corrected chi connectivity index (χ2v) is 0.776. The number of rotatable bonds is 1. The van der Waals surface area contributed by atoms with E-state index in [1.165, 1.54) is 6.92 Å². The molecule has 0 N–H and O–H groups in total. The number of carbonyl (C=O) groups excluding carboxylic acids is 1. The van der Waals surface area contributed by atoms with Gasteiger partial charge in [0, 0.05) is 32.8 Å². The maximum absolute atomic E-state index is 9.75. The number of esters is 1. The van der Waals surface area contributed by atoms with Crippen LogP contribution in [0.15, 0.2) is 12.8 Å². The van der Waals surface area contributed by atoms with Crippen LogP contribution < -0.4 is 0 Å². The van der Waals surface area contributed by atoms with E-state index in [0.29, 0.717) is 0 Å². The fraction of sp³-hybridized carbons (Fsp3) is 0.250. The van der Waals surface area contributed by atoms with Crippen LogP contribution in [0.3, 0.4) is 0 Å². The summed E-state index contributed by atoms with van der Waals surface area (Å²) in [5.74, 6) is -0.329. The van der Waals surface area contributed by atoms with Crippen molar-refractivity contribution < 1.29 is 35.4 Å². The molecule has 0 unspecified atom stereocenters. The van der Waals surface area contributed by atoms with E-state index in [1.54, 1.807) is 0 Å². The molecule has 0 aromatic heterocycles. The molecule has 0 fully saturated rings. The van der Waals surface area contributed by atoms with Crippen LogP contribution in [0.2, 0.25) is 0 Å². The molecule has 0 aromatic carbocycles. The number of hydrogen-bond acceptors (Lipinski definition) is 2. The summed E-state index contributed by atoms with van der Waals surface area (Å²) >= 11 is 0. The quantitative estimate of drug-likeness (QED) is 0.396. The molecule has 0 heterocycles. The van der Waals surface area contributed by atoms with E-state index < -0.39 is 0 Å².